The number of anilines is 4. The van der Waals surface area contributed by atoms with Crippen LogP contribution in [0.4, 0.5) is 36.2 Å². The van der Waals surface area contributed by atoms with Crippen molar-refractivity contribution in [2.75, 3.05) is 48.9 Å². The van der Waals surface area contributed by atoms with Crippen LogP contribution in [-0.2, 0) is 14.6 Å². The number of nitrogens with zero attached hydrogens (tertiary/aromatic N) is 4. The number of ether oxygens (including phenoxy) is 1. The van der Waals surface area contributed by atoms with Crippen LogP contribution in [0.15, 0.2) is 35.2 Å². The molecule has 0 saturated carbocycles. The molecule has 40 heavy (non-hydrogen) atoms. The summed E-state index contributed by atoms with van der Waals surface area (Å²) in [7, 11) is -0.351. The molecule has 0 bridgehead atoms. The summed E-state index contributed by atoms with van der Waals surface area (Å²) in [5, 5.41) is 2.58. The number of carbonyl (C=O) groups is 1. The van der Waals surface area contributed by atoms with Crippen LogP contribution < -0.4 is 19.9 Å². The number of pyridine rings is 1. The molecule has 3 heterocycles. The summed E-state index contributed by atoms with van der Waals surface area (Å²) in [6.45, 7) is 6.00. The molecule has 1 N–H and O–H groups in total. The molecule has 9 nitrogen and oxygen atoms in total. The summed E-state index contributed by atoms with van der Waals surface area (Å²) in [6, 6.07) is 7.50. The lowest BCUT2D eigenvalue weighted by Gasteiger charge is -2.46. The number of piperidine rings is 1. The monoisotopic (exact) mass is 583 g/mol. The van der Waals surface area contributed by atoms with Crippen LogP contribution in [0.2, 0.25) is 0 Å². The van der Waals surface area contributed by atoms with E-state index in [9.17, 15) is 26.4 Å². The lowest BCUT2D eigenvalue weighted by atomic mass is 9.98. The molecule has 2 aliphatic heterocycles. The van der Waals surface area contributed by atoms with Crippen molar-refractivity contribution in [1.29, 1.82) is 0 Å². The predicted molar refractivity (Wildman–Crippen MR) is 148 cm³/mol. The van der Waals surface area contributed by atoms with E-state index in [0.29, 0.717) is 54.7 Å². The number of benzene rings is 1. The number of hydrogen-bond donors (Lipinski definition) is 1. The molecule has 2 aliphatic rings. The fraction of sp³-hybridized carbons (Fsp3) is 0.556. The first-order valence-electron chi connectivity index (χ1n) is 13.3. The SMILES string of the molecule is COc1ccc(S(=O)(=O)C(C)C)cc1Nc1ccc2c(n1)N(C1CCN(CCC(F)(F)F)CC1)[C@H](C)C(=O)N2C. The Morgan fingerprint density at radius 2 is 1.82 bits per heavy atom. The highest BCUT2D eigenvalue weighted by Gasteiger charge is 2.40. The van der Waals surface area contributed by atoms with Crippen molar-refractivity contribution in [3.8, 4) is 5.75 Å². The molecule has 0 spiro atoms. The first kappa shape index (κ1) is 29.9. The van der Waals surface area contributed by atoms with Gasteiger partial charge in [-0.3, -0.25) is 4.79 Å². The molecule has 1 aromatic carbocycles. The topological polar surface area (TPSA) is 95.1 Å². The van der Waals surface area contributed by atoms with Crippen LogP contribution in [0.1, 0.15) is 40.0 Å². The molecular formula is C27H36F3N5O4S. The zero-order chi connectivity index (χ0) is 29.4. The van der Waals surface area contributed by atoms with Gasteiger partial charge in [-0.15, -0.1) is 0 Å². The van der Waals surface area contributed by atoms with Crippen LogP contribution in [0, 0.1) is 0 Å². The van der Waals surface area contributed by atoms with Gasteiger partial charge in [-0.2, -0.15) is 13.2 Å². The Bertz CT molecular complexity index is 1340. The van der Waals surface area contributed by atoms with Crippen molar-refractivity contribution < 1.29 is 31.1 Å². The number of aromatic nitrogens is 1. The predicted octanol–water partition coefficient (Wildman–Crippen LogP) is 4.60. The molecule has 0 aliphatic carbocycles. The smallest absolute Gasteiger partial charge is 0.390 e. The van der Waals surface area contributed by atoms with Gasteiger partial charge in [0.05, 0.1) is 35.1 Å². The third-order valence-corrected chi connectivity index (χ3v) is 9.76. The van der Waals surface area contributed by atoms with Gasteiger partial charge in [-0.25, -0.2) is 13.4 Å². The summed E-state index contributed by atoms with van der Waals surface area (Å²) < 4.78 is 69.1. The molecule has 0 radical (unpaired) electrons. The quantitative estimate of drug-likeness (QED) is 0.482. The van der Waals surface area contributed by atoms with Crippen LogP contribution in [-0.4, -0.2) is 81.5 Å². The van der Waals surface area contributed by atoms with Gasteiger partial charge in [0.2, 0.25) is 5.91 Å². The highest BCUT2D eigenvalue weighted by Crippen LogP contribution is 2.39. The summed E-state index contributed by atoms with van der Waals surface area (Å²) in [5.74, 6) is 1.35. The number of likely N-dealkylation sites (N-methyl/N-ethyl adjacent to an activating group) is 1. The molecule has 2 aromatic rings. The second kappa shape index (κ2) is 11.4. The molecule has 1 aromatic heterocycles. The van der Waals surface area contributed by atoms with Crippen LogP contribution in [0.25, 0.3) is 0 Å². The molecule has 220 valence electrons. The van der Waals surface area contributed by atoms with E-state index in [1.165, 1.54) is 19.2 Å². The summed E-state index contributed by atoms with van der Waals surface area (Å²) in [4.78, 5) is 23.4. The normalized spacial score (nSPS) is 19.2. The number of methoxy groups -OCH3 is 1. The third-order valence-electron chi connectivity index (χ3n) is 7.61. The second-order valence-corrected chi connectivity index (χ2v) is 13.0. The minimum atomic E-state index is -4.19. The highest BCUT2D eigenvalue weighted by molar-refractivity contribution is 7.92. The number of sulfone groups is 1. The van der Waals surface area contributed by atoms with Crippen molar-refractivity contribution in [3.05, 3.63) is 30.3 Å². The summed E-state index contributed by atoms with van der Waals surface area (Å²) in [5.41, 5.74) is 1.05. The highest BCUT2D eigenvalue weighted by atomic mass is 32.2. The maximum atomic E-state index is 13.1. The van der Waals surface area contributed by atoms with Crippen molar-refractivity contribution in [1.82, 2.24) is 9.88 Å². The second-order valence-electron chi connectivity index (χ2n) is 10.5. The van der Waals surface area contributed by atoms with E-state index < -0.39 is 33.7 Å². The number of rotatable bonds is 8. The van der Waals surface area contributed by atoms with Gasteiger partial charge in [0.15, 0.2) is 15.7 Å². The molecule has 1 saturated heterocycles. The Morgan fingerprint density at radius 3 is 2.42 bits per heavy atom. The molecule has 1 amide bonds. The lowest BCUT2D eigenvalue weighted by molar-refractivity contribution is -0.138. The number of carbonyl (C=O) groups excluding carboxylic acids is 1. The van der Waals surface area contributed by atoms with Crippen molar-refractivity contribution >= 4 is 38.8 Å². The van der Waals surface area contributed by atoms with Gasteiger partial charge in [0.25, 0.3) is 0 Å². The molecule has 1 atom stereocenters. The minimum absolute atomic E-state index is 0.0379. The third kappa shape index (κ3) is 6.14. The fourth-order valence-corrected chi connectivity index (χ4v) is 6.32. The van der Waals surface area contributed by atoms with E-state index >= 15 is 0 Å². The van der Waals surface area contributed by atoms with Gasteiger partial charge in [-0.1, -0.05) is 0 Å². The Labute approximate surface area is 233 Å². The van der Waals surface area contributed by atoms with Gasteiger partial charge in [0, 0.05) is 32.7 Å². The Kier molecular flexibility index (Phi) is 8.55. The fourth-order valence-electron chi connectivity index (χ4n) is 5.23. The van der Waals surface area contributed by atoms with Crippen LogP contribution in [0.3, 0.4) is 0 Å². The first-order chi connectivity index (χ1) is 18.7. The summed E-state index contributed by atoms with van der Waals surface area (Å²) >= 11 is 0. The average molecular weight is 584 g/mol. The number of amides is 1. The maximum Gasteiger partial charge on any atom is 0.390 e. The van der Waals surface area contributed by atoms with E-state index in [4.69, 9.17) is 9.72 Å². The molecule has 1 fully saturated rings. The minimum Gasteiger partial charge on any atom is -0.495 e. The zero-order valence-corrected chi connectivity index (χ0v) is 24.1. The van der Waals surface area contributed by atoms with Crippen LogP contribution >= 0.6 is 0 Å². The first-order valence-corrected chi connectivity index (χ1v) is 14.8. The van der Waals surface area contributed by atoms with Gasteiger partial charge >= 0.3 is 6.18 Å². The largest absolute Gasteiger partial charge is 0.495 e. The molecular weight excluding hydrogens is 547 g/mol. The molecule has 13 heteroatoms. The number of nitrogens with one attached hydrogen (secondary N) is 1. The number of likely N-dealkylation sites (tertiary alicyclic amines) is 1. The Balaban J connectivity index is 1.63. The Morgan fingerprint density at radius 1 is 1.15 bits per heavy atom. The standard InChI is InChI=1S/C27H36F3N5O4S/c1-17(2)40(37,38)20-6-8-23(39-5)21(16-20)31-24-9-7-22-25(32-24)35(18(3)26(36)33(22)4)19-10-13-34(14-11-19)15-12-27(28,29)30/h6-9,16-19H,10-15H2,1-5H3,(H,31,32)/t18-/m1/s1. The van der Waals surface area contributed by atoms with E-state index in [1.54, 1.807) is 44.0 Å². The molecule has 4 rings (SSSR count). The van der Waals surface area contributed by atoms with Gasteiger partial charge in [0.1, 0.15) is 17.6 Å². The van der Waals surface area contributed by atoms with E-state index in [-0.39, 0.29) is 23.4 Å². The van der Waals surface area contributed by atoms with E-state index in [2.05, 4.69) is 5.32 Å². The molecule has 0 unspecified atom stereocenters. The average Bonchev–Trinajstić information content (AvgIpc) is 2.91. The van der Waals surface area contributed by atoms with Crippen molar-refractivity contribution in [2.24, 2.45) is 0 Å². The Hall–Kier alpha value is -3.06. The zero-order valence-electron chi connectivity index (χ0n) is 23.3. The van der Waals surface area contributed by atoms with Gasteiger partial charge < -0.3 is 24.8 Å². The van der Waals surface area contributed by atoms with Gasteiger partial charge in [-0.05, 0) is 63.9 Å². The van der Waals surface area contributed by atoms with E-state index in [1.807, 2.05) is 16.7 Å². The number of hydrogen-bond acceptors (Lipinski definition) is 8. The number of alkyl halides is 3. The number of fused-ring (bicyclic) bond motifs is 1. The van der Waals surface area contributed by atoms with Crippen molar-refractivity contribution in [3.63, 3.8) is 0 Å². The lowest BCUT2D eigenvalue weighted by Crippen LogP contribution is -2.57. The van der Waals surface area contributed by atoms with Crippen molar-refractivity contribution in [2.45, 2.75) is 68.4 Å². The van der Waals surface area contributed by atoms with Crippen LogP contribution in [0.5, 0.6) is 5.75 Å². The van der Waals surface area contributed by atoms with E-state index in [0.717, 1.165) is 0 Å². The summed E-state index contributed by atoms with van der Waals surface area (Å²) in [6.07, 6.45) is -3.84. The number of halogens is 3. The maximum absolute atomic E-state index is 13.1.